The summed E-state index contributed by atoms with van der Waals surface area (Å²) in [4.78, 5) is 23.9. The van der Waals surface area contributed by atoms with Crippen LogP contribution in [0.2, 0.25) is 0 Å². The van der Waals surface area contributed by atoms with Crippen molar-refractivity contribution in [2.24, 2.45) is 0 Å². The van der Waals surface area contributed by atoms with Crippen LogP contribution >= 0.6 is 0 Å². The van der Waals surface area contributed by atoms with Gasteiger partial charge in [-0.25, -0.2) is 0 Å². The fourth-order valence-corrected chi connectivity index (χ4v) is 2.60. The first-order chi connectivity index (χ1) is 11.3. The van der Waals surface area contributed by atoms with Gasteiger partial charge in [0.15, 0.2) is 0 Å². The van der Waals surface area contributed by atoms with Gasteiger partial charge in [0.25, 0.3) is 5.91 Å². The Hall–Kier alpha value is -2.82. The molecule has 1 unspecified atom stereocenters. The zero-order valence-corrected chi connectivity index (χ0v) is 14.0. The van der Waals surface area contributed by atoms with Gasteiger partial charge in [-0.3, -0.25) is 9.59 Å². The zero-order chi connectivity index (χ0) is 17.7. The normalized spacial score (nSPS) is 13.0. The number of aryl methyl sites for hydroxylation is 1. The topological polar surface area (TPSA) is 75.6 Å². The molecule has 5 heteroatoms. The second-order valence-corrected chi connectivity index (χ2v) is 5.96. The highest BCUT2D eigenvalue weighted by Crippen LogP contribution is 2.28. The molecular formula is C19H21NO4. The van der Waals surface area contributed by atoms with Crippen molar-refractivity contribution in [3.63, 3.8) is 0 Å². The standard InChI is InChI=1S/C19H21NO4/c1-13-6-4-7-14(10-13)18(23)20-19(2,12-17(21)22)15-8-5-9-16(11-15)24-3/h4-11H,12H2,1-3H3,(H,20,23)(H,21,22). The molecule has 0 fully saturated rings. The molecule has 0 saturated heterocycles. The fourth-order valence-electron chi connectivity index (χ4n) is 2.60. The minimum atomic E-state index is -1.05. The third kappa shape index (κ3) is 4.13. The molecule has 0 bridgehead atoms. The lowest BCUT2D eigenvalue weighted by Gasteiger charge is -2.30. The van der Waals surface area contributed by atoms with Gasteiger partial charge in [0.2, 0.25) is 0 Å². The second-order valence-electron chi connectivity index (χ2n) is 5.96. The second kappa shape index (κ2) is 7.17. The van der Waals surface area contributed by atoms with E-state index >= 15 is 0 Å². The van der Waals surface area contributed by atoms with Gasteiger partial charge in [-0.2, -0.15) is 0 Å². The molecule has 2 aromatic carbocycles. The first-order valence-electron chi connectivity index (χ1n) is 7.59. The van der Waals surface area contributed by atoms with Crippen LogP contribution in [0.15, 0.2) is 48.5 Å². The van der Waals surface area contributed by atoms with Gasteiger partial charge in [0, 0.05) is 5.56 Å². The van der Waals surface area contributed by atoms with E-state index in [4.69, 9.17) is 4.74 Å². The maximum Gasteiger partial charge on any atom is 0.306 e. The Balaban J connectivity index is 2.36. The molecule has 0 aliphatic carbocycles. The minimum Gasteiger partial charge on any atom is -0.497 e. The molecule has 24 heavy (non-hydrogen) atoms. The van der Waals surface area contributed by atoms with E-state index in [9.17, 15) is 14.7 Å². The third-order valence-corrected chi connectivity index (χ3v) is 3.88. The molecule has 0 radical (unpaired) electrons. The Morgan fingerprint density at radius 1 is 1.17 bits per heavy atom. The molecule has 2 rings (SSSR count). The van der Waals surface area contributed by atoms with E-state index < -0.39 is 11.5 Å². The number of ether oxygens (including phenoxy) is 1. The molecule has 5 nitrogen and oxygen atoms in total. The van der Waals surface area contributed by atoms with Crippen molar-refractivity contribution in [3.8, 4) is 5.75 Å². The van der Waals surface area contributed by atoms with Gasteiger partial charge in [-0.15, -0.1) is 0 Å². The molecule has 1 amide bonds. The first kappa shape index (κ1) is 17.5. The molecule has 0 aromatic heterocycles. The molecule has 0 spiro atoms. The average Bonchev–Trinajstić information content (AvgIpc) is 2.54. The monoisotopic (exact) mass is 327 g/mol. The Kier molecular flexibility index (Phi) is 5.24. The van der Waals surface area contributed by atoms with Crippen LogP contribution in [0.1, 0.15) is 34.8 Å². The summed E-state index contributed by atoms with van der Waals surface area (Å²) in [5, 5.41) is 12.1. The highest BCUT2D eigenvalue weighted by atomic mass is 16.5. The Labute approximate surface area is 141 Å². The molecule has 0 aliphatic heterocycles. The van der Waals surface area contributed by atoms with E-state index in [1.165, 1.54) is 0 Å². The summed E-state index contributed by atoms with van der Waals surface area (Å²) in [6.45, 7) is 3.60. The summed E-state index contributed by atoms with van der Waals surface area (Å²) in [6, 6.07) is 14.2. The van der Waals surface area contributed by atoms with Crippen molar-refractivity contribution in [1.82, 2.24) is 5.32 Å². The zero-order valence-electron chi connectivity index (χ0n) is 14.0. The van der Waals surface area contributed by atoms with E-state index in [0.717, 1.165) is 5.56 Å². The quantitative estimate of drug-likeness (QED) is 0.855. The van der Waals surface area contributed by atoms with Gasteiger partial charge >= 0.3 is 5.97 Å². The first-order valence-corrected chi connectivity index (χ1v) is 7.59. The lowest BCUT2D eigenvalue weighted by Crippen LogP contribution is -2.45. The summed E-state index contributed by atoms with van der Waals surface area (Å²) >= 11 is 0. The number of carbonyl (C=O) groups excluding carboxylic acids is 1. The number of nitrogens with one attached hydrogen (secondary N) is 1. The number of hydrogen-bond acceptors (Lipinski definition) is 3. The van der Waals surface area contributed by atoms with Crippen molar-refractivity contribution >= 4 is 11.9 Å². The molecule has 126 valence electrons. The van der Waals surface area contributed by atoms with Crippen LogP contribution in [0.4, 0.5) is 0 Å². The largest absolute Gasteiger partial charge is 0.497 e. The summed E-state index contributed by atoms with van der Waals surface area (Å²) in [7, 11) is 1.54. The molecule has 0 saturated carbocycles. The molecule has 1 atom stereocenters. The van der Waals surface area contributed by atoms with Crippen molar-refractivity contribution in [2.45, 2.75) is 25.8 Å². The smallest absolute Gasteiger partial charge is 0.306 e. The molecular weight excluding hydrogens is 306 g/mol. The number of carbonyl (C=O) groups is 2. The number of benzene rings is 2. The number of aliphatic carboxylic acids is 1. The highest BCUT2D eigenvalue weighted by molar-refractivity contribution is 5.95. The van der Waals surface area contributed by atoms with Crippen molar-refractivity contribution in [1.29, 1.82) is 0 Å². The minimum absolute atomic E-state index is 0.238. The van der Waals surface area contributed by atoms with Crippen molar-refractivity contribution in [2.75, 3.05) is 7.11 Å². The number of rotatable bonds is 6. The number of hydrogen-bond donors (Lipinski definition) is 2. The predicted octanol–water partition coefficient (Wildman–Crippen LogP) is 3.12. The molecule has 2 aromatic rings. The van der Waals surface area contributed by atoms with E-state index in [1.54, 1.807) is 56.5 Å². The van der Waals surface area contributed by atoms with Gasteiger partial charge < -0.3 is 15.2 Å². The van der Waals surface area contributed by atoms with Crippen LogP contribution in [-0.4, -0.2) is 24.1 Å². The summed E-state index contributed by atoms with van der Waals surface area (Å²) in [5.41, 5.74) is 1.07. The van der Waals surface area contributed by atoms with Crippen LogP contribution in [0.5, 0.6) is 5.75 Å². The lowest BCUT2D eigenvalue weighted by molar-refractivity contribution is -0.138. The Morgan fingerprint density at radius 3 is 2.50 bits per heavy atom. The van der Waals surface area contributed by atoms with Gasteiger partial charge in [-0.05, 0) is 43.7 Å². The fraction of sp³-hybridized carbons (Fsp3) is 0.263. The predicted molar refractivity (Wildman–Crippen MR) is 91.2 cm³/mol. The van der Waals surface area contributed by atoms with E-state index in [-0.39, 0.29) is 12.3 Å². The number of carboxylic acids is 1. The maximum atomic E-state index is 12.6. The maximum absolute atomic E-state index is 12.6. The van der Waals surface area contributed by atoms with Crippen LogP contribution in [-0.2, 0) is 10.3 Å². The lowest BCUT2D eigenvalue weighted by atomic mass is 9.88. The number of amides is 1. The van der Waals surface area contributed by atoms with Crippen LogP contribution in [0, 0.1) is 6.92 Å². The van der Waals surface area contributed by atoms with Gasteiger partial charge in [-0.1, -0.05) is 29.8 Å². The Morgan fingerprint density at radius 2 is 1.88 bits per heavy atom. The average molecular weight is 327 g/mol. The SMILES string of the molecule is COc1cccc(C(C)(CC(=O)O)NC(=O)c2cccc(C)c2)c1. The number of methoxy groups -OCH3 is 1. The molecule has 2 N–H and O–H groups in total. The van der Waals surface area contributed by atoms with Crippen molar-refractivity contribution in [3.05, 3.63) is 65.2 Å². The van der Waals surface area contributed by atoms with Crippen LogP contribution in [0.25, 0.3) is 0 Å². The summed E-state index contributed by atoms with van der Waals surface area (Å²) in [5.74, 6) is -0.705. The van der Waals surface area contributed by atoms with Crippen molar-refractivity contribution < 1.29 is 19.4 Å². The summed E-state index contributed by atoms with van der Waals surface area (Å²) in [6.07, 6.45) is -0.238. The van der Waals surface area contributed by atoms with E-state index in [2.05, 4.69) is 5.32 Å². The summed E-state index contributed by atoms with van der Waals surface area (Å²) < 4.78 is 5.20. The van der Waals surface area contributed by atoms with E-state index in [0.29, 0.717) is 16.9 Å². The van der Waals surface area contributed by atoms with Gasteiger partial charge in [0.1, 0.15) is 5.75 Å². The van der Waals surface area contributed by atoms with Crippen LogP contribution < -0.4 is 10.1 Å². The van der Waals surface area contributed by atoms with Crippen LogP contribution in [0.3, 0.4) is 0 Å². The van der Waals surface area contributed by atoms with Gasteiger partial charge in [0.05, 0.1) is 19.1 Å². The van der Waals surface area contributed by atoms with E-state index in [1.807, 2.05) is 13.0 Å². The molecule has 0 heterocycles. The molecule has 0 aliphatic rings. The Bertz CT molecular complexity index is 757. The third-order valence-electron chi connectivity index (χ3n) is 3.88. The highest BCUT2D eigenvalue weighted by Gasteiger charge is 2.32. The number of carboxylic acid groups (broad SMARTS) is 1.